The van der Waals surface area contributed by atoms with Crippen LogP contribution in [0.25, 0.3) is 0 Å². The zero-order valence-electron chi connectivity index (χ0n) is 10.6. The van der Waals surface area contributed by atoms with Crippen LogP contribution >= 0.6 is 0 Å². The maximum absolute atomic E-state index is 11.6. The predicted molar refractivity (Wildman–Crippen MR) is 63.0 cm³/mol. The van der Waals surface area contributed by atoms with Gasteiger partial charge in [-0.1, -0.05) is 34.1 Å². The molecule has 0 aliphatic heterocycles. The molecule has 0 aromatic carbocycles. The molecule has 0 heterocycles. The van der Waals surface area contributed by atoms with E-state index in [2.05, 4.69) is 27.7 Å². The van der Waals surface area contributed by atoms with Crippen LogP contribution in [-0.2, 0) is 4.74 Å². The van der Waals surface area contributed by atoms with Gasteiger partial charge in [0.1, 0.15) is 0 Å². The number of carbonyl (C=O) groups excluding carboxylic acids is 1. The van der Waals surface area contributed by atoms with Crippen molar-refractivity contribution in [2.24, 2.45) is 5.92 Å². The smallest absolute Gasteiger partial charge is 0.409 e. The fraction of sp³-hybridized carbons (Fsp3) is 0.917. The molecule has 1 unspecified atom stereocenters. The first-order chi connectivity index (χ1) is 7.15. The van der Waals surface area contributed by atoms with Crippen molar-refractivity contribution in [2.75, 3.05) is 19.7 Å². The summed E-state index contributed by atoms with van der Waals surface area (Å²) in [5.74, 6) is 0.457. The molecule has 0 aliphatic carbocycles. The number of amides is 1. The number of carbonyl (C=O) groups is 1. The van der Waals surface area contributed by atoms with Gasteiger partial charge in [0.15, 0.2) is 0 Å². The van der Waals surface area contributed by atoms with Crippen LogP contribution in [0, 0.1) is 5.92 Å². The van der Waals surface area contributed by atoms with Crippen molar-refractivity contribution in [1.29, 1.82) is 0 Å². The summed E-state index contributed by atoms with van der Waals surface area (Å²) in [5, 5.41) is 0. The van der Waals surface area contributed by atoms with Crippen molar-refractivity contribution >= 4 is 6.09 Å². The third kappa shape index (κ3) is 6.37. The molecule has 15 heavy (non-hydrogen) atoms. The molecule has 3 nitrogen and oxygen atoms in total. The van der Waals surface area contributed by atoms with Crippen LogP contribution in [0.5, 0.6) is 0 Å². The molecule has 0 fully saturated rings. The van der Waals surface area contributed by atoms with Crippen LogP contribution in [0.4, 0.5) is 4.79 Å². The Morgan fingerprint density at radius 2 is 1.73 bits per heavy atom. The molecule has 0 saturated carbocycles. The second-order valence-corrected chi connectivity index (χ2v) is 4.08. The van der Waals surface area contributed by atoms with Gasteiger partial charge in [0.05, 0.1) is 6.61 Å². The normalized spacial score (nSPS) is 12.3. The fourth-order valence-electron chi connectivity index (χ4n) is 1.26. The Kier molecular flexibility index (Phi) is 8.15. The van der Waals surface area contributed by atoms with E-state index in [0.717, 1.165) is 32.4 Å². The second-order valence-electron chi connectivity index (χ2n) is 4.08. The van der Waals surface area contributed by atoms with Crippen LogP contribution in [0.3, 0.4) is 0 Å². The van der Waals surface area contributed by atoms with E-state index in [1.165, 1.54) is 0 Å². The molecule has 90 valence electrons. The van der Waals surface area contributed by atoms with Crippen LogP contribution in [0.1, 0.15) is 47.0 Å². The summed E-state index contributed by atoms with van der Waals surface area (Å²) < 4.78 is 5.25. The van der Waals surface area contributed by atoms with Crippen LogP contribution in [0.15, 0.2) is 0 Å². The van der Waals surface area contributed by atoms with E-state index in [-0.39, 0.29) is 6.09 Å². The predicted octanol–water partition coefficient (Wildman–Crippen LogP) is 3.29. The van der Waals surface area contributed by atoms with E-state index in [4.69, 9.17) is 4.74 Å². The van der Waals surface area contributed by atoms with Gasteiger partial charge in [-0.15, -0.1) is 0 Å². The lowest BCUT2D eigenvalue weighted by molar-refractivity contribution is 0.0892. The van der Waals surface area contributed by atoms with E-state index < -0.39 is 0 Å². The molecule has 0 N–H and O–H groups in total. The molecule has 3 heteroatoms. The molecule has 1 amide bonds. The first-order valence-electron chi connectivity index (χ1n) is 6.07. The second kappa shape index (κ2) is 8.57. The third-order valence-electron chi connectivity index (χ3n) is 2.43. The Morgan fingerprint density at radius 3 is 2.13 bits per heavy atom. The zero-order valence-corrected chi connectivity index (χ0v) is 10.6. The minimum absolute atomic E-state index is 0.154. The van der Waals surface area contributed by atoms with Gasteiger partial charge in [0.25, 0.3) is 0 Å². The van der Waals surface area contributed by atoms with Gasteiger partial charge in [-0.3, -0.25) is 0 Å². The van der Waals surface area contributed by atoms with Gasteiger partial charge in [-0.25, -0.2) is 4.79 Å². The Balaban J connectivity index is 3.90. The van der Waals surface area contributed by atoms with Gasteiger partial charge in [0, 0.05) is 13.1 Å². The van der Waals surface area contributed by atoms with Gasteiger partial charge >= 0.3 is 6.09 Å². The van der Waals surface area contributed by atoms with Gasteiger partial charge in [0.2, 0.25) is 0 Å². The highest BCUT2D eigenvalue weighted by atomic mass is 16.6. The Hall–Kier alpha value is -0.730. The quantitative estimate of drug-likeness (QED) is 0.652. The number of nitrogens with zero attached hydrogens (tertiary/aromatic N) is 1. The highest BCUT2D eigenvalue weighted by Crippen LogP contribution is 2.04. The molecule has 0 rings (SSSR count). The van der Waals surface area contributed by atoms with Gasteiger partial charge in [-0.2, -0.15) is 0 Å². The van der Waals surface area contributed by atoms with Gasteiger partial charge in [-0.05, 0) is 18.8 Å². The highest BCUT2D eigenvalue weighted by molar-refractivity contribution is 5.67. The Labute approximate surface area is 93.8 Å². The summed E-state index contributed by atoms with van der Waals surface area (Å²) >= 11 is 0. The maximum atomic E-state index is 11.6. The SMILES string of the molecule is CCCN(CCC)C(=O)OCC(C)CC. The molecular weight excluding hydrogens is 190 g/mol. The lowest BCUT2D eigenvalue weighted by Gasteiger charge is -2.21. The number of rotatable bonds is 7. The molecule has 0 aromatic heterocycles. The summed E-state index contributed by atoms with van der Waals surface area (Å²) in [6.07, 6.45) is 2.87. The summed E-state index contributed by atoms with van der Waals surface area (Å²) in [6, 6.07) is 0. The minimum Gasteiger partial charge on any atom is -0.449 e. The standard InChI is InChI=1S/C12H25NO2/c1-5-8-13(9-6-2)12(14)15-10-11(4)7-3/h11H,5-10H2,1-4H3. The van der Waals surface area contributed by atoms with E-state index in [0.29, 0.717) is 12.5 Å². The maximum Gasteiger partial charge on any atom is 0.409 e. The fourth-order valence-corrected chi connectivity index (χ4v) is 1.26. The molecule has 1 atom stereocenters. The van der Waals surface area contributed by atoms with Crippen molar-refractivity contribution in [3.63, 3.8) is 0 Å². The van der Waals surface area contributed by atoms with Crippen molar-refractivity contribution in [3.05, 3.63) is 0 Å². The largest absolute Gasteiger partial charge is 0.449 e. The number of hydrogen-bond acceptors (Lipinski definition) is 2. The monoisotopic (exact) mass is 215 g/mol. The van der Waals surface area contributed by atoms with Crippen molar-refractivity contribution in [2.45, 2.75) is 47.0 Å². The van der Waals surface area contributed by atoms with E-state index in [9.17, 15) is 4.79 Å². The van der Waals surface area contributed by atoms with Crippen molar-refractivity contribution in [1.82, 2.24) is 4.90 Å². The molecule has 0 radical (unpaired) electrons. The lowest BCUT2D eigenvalue weighted by Crippen LogP contribution is -2.33. The van der Waals surface area contributed by atoms with Crippen molar-refractivity contribution in [3.8, 4) is 0 Å². The highest BCUT2D eigenvalue weighted by Gasteiger charge is 2.13. The average Bonchev–Trinajstić information content (AvgIpc) is 2.25. The average molecular weight is 215 g/mol. The number of hydrogen-bond donors (Lipinski definition) is 0. The number of ether oxygens (including phenoxy) is 1. The van der Waals surface area contributed by atoms with Gasteiger partial charge < -0.3 is 9.64 Å². The molecule has 0 aliphatic rings. The van der Waals surface area contributed by atoms with Crippen LogP contribution in [-0.4, -0.2) is 30.7 Å². The first kappa shape index (κ1) is 14.3. The third-order valence-corrected chi connectivity index (χ3v) is 2.43. The van der Waals surface area contributed by atoms with E-state index in [1.54, 1.807) is 4.90 Å². The summed E-state index contributed by atoms with van der Waals surface area (Å²) in [4.78, 5) is 13.4. The summed E-state index contributed by atoms with van der Waals surface area (Å²) in [6.45, 7) is 10.5. The zero-order chi connectivity index (χ0) is 11.7. The molecule has 0 saturated heterocycles. The molecule has 0 spiro atoms. The topological polar surface area (TPSA) is 29.5 Å². The minimum atomic E-state index is -0.154. The Morgan fingerprint density at radius 1 is 1.20 bits per heavy atom. The lowest BCUT2D eigenvalue weighted by atomic mass is 10.1. The summed E-state index contributed by atoms with van der Waals surface area (Å²) in [5.41, 5.74) is 0. The van der Waals surface area contributed by atoms with Crippen LogP contribution in [0.2, 0.25) is 0 Å². The molecular formula is C12H25NO2. The Bertz CT molecular complexity index is 165. The van der Waals surface area contributed by atoms with Crippen LogP contribution < -0.4 is 0 Å². The van der Waals surface area contributed by atoms with E-state index in [1.807, 2.05) is 0 Å². The first-order valence-corrected chi connectivity index (χ1v) is 6.07. The summed E-state index contributed by atoms with van der Waals surface area (Å²) in [7, 11) is 0. The molecule has 0 bridgehead atoms. The van der Waals surface area contributed by atoms with Crippen molar-refractivity contribution < 1.29 is 9.53 Å². The molecule has 0 aromatic rings. The van der Waals surface area contributed by atoms with E-state index >= 15 is 0 Å².